The summed E-state index contributed by atoms with van der Waals surface area (Å²) >= 11 is 0. The molecule has 2 atom stereocenters. The number of nitrogens with zero attached hydrogens (tertiary/aromatic N) is 6. The molecule has 0 radical (unpaired) electrons. The van der Waals surface area contributed by atoms with Crippen LogP contribution in [0.2, 0.25) is 0 Å². The fourth-order valence-corrected chi connectivity index (χ4v) is 17.4. The molecular formula is C81H105N9O10S. The van der Waals surface area contributed by atoms with E-state index in [1.54, 1.807) is 17.5 Å². The van der Waals surface area contributed by atoms with E-state index in [0.29, 0.717) is 60.5 Å². The molecule has 0 unspecified atom stereocenters. The normalized spacial score (nSPS) is 18.8. The molecule has 1 amide bonds. The lowest BCUT2D eigenvalue weighted by Gasteiger charge is -2.32. The number of aromatic nitrogens is 4. The van der Waals surface area contributed by atoms with Gasteiger partial charge in [0.25, 0.3) is 0 Å². The smallest absolute Gasteiger partial charge is 0.243 e. The summed E-state index contributed by atoms with van der Waals surface area (Å²) in [6.07, 6.45) is 11.5. The average molecular weight is 1400 g/mol. The molecule has 4 saturated heterocycles. The molecule has 6 aliphatic heterocycles. The second-order valence-corrected chi connectivity index (χ2v) is 32.3. The topological polar surface area (TPSA) is 198 Å². The van der Waals surface area contributed by atoms with E-state index in [4.69, 9.17) is 38.3 Å². The summed E-state index contributed by atoms with van der Waals surface area (Å²) in [7, 11) is 3.74. The molecule has 3 N–H and O–H groups in total. The highest BCUT2D eigenvalue weighted by Gasteiger charge is 2.47. The molecule has 6 aliphatic rings. The second kappa shape index (κ2) is 30.8. The van der Waals surface area contributed by atoms with E-state index >= 15 is 8.42 Å². The Kier molecular flexibility index (Phi) is 22.2. The maximum absolute atomic E-state index is 15.2. The number of carbonyl (C=O) groups excluding carboxylic acids is 1. The van der Waals surface area contributed by atoms with E-state index in [-0.39, 0.29) is 49.1 Å². The second-order valence-electron chi connectivity index (χ2n) is 30.4. The number of aromatic amines is 2. The van der Waals surface area contributed by atoms with Crippen molar-refractivity contribution in [2.75, 3.05) is 86.1 Å². The van der Waals surface area contributed by atoms with Gasteiger partial charge in [0.05, 0.1) is 27.3 Å². The van der Waals surface area contributed by atoms with Crippen molar-refractivity contribution in [3.8, 4) is 57.3 Å². The molecule has 540 valence electrons. The Morgan fingerprint density at radius 3 is 1.62 bits per heavy atom. The SMILES string of the molecule is CN1C2CCC1CC2.COC(C)(C)COc1n[nH]c(-c2cc(C)cc(C)c2)c1[C@H](C)CNCCc1ccc2c(c1)OCO2.Cc1cc(C)cc(-c2[nH]nc(OCC(C)(C)C(=O)N3C4CCC3CC4)c2[C@H](C)CN(CCc2ccc3c(c2)OCO3)S(=O)(=O)c2cccc3cccc(N(C)C)c23)c1. The number of sulfonamides is 1. The van der Waals surface area contributed by atoms with Gasteiger partial charge in [0.15, 0.2) is 23.0 Å². The van der Waals surface area contributed by atoms with Crippen molar-refractivity contribution in [3.63, 3.8) is 0 Å². The van der Waals surface area contributed by atoms with E-state index in [1.807, 2.05) is 108 Å². The van der Waals surface area contributed by atoms with Gasteiger partial charge in [0.2, 0.25) is 41.3 Å². The van der Waals surface area contributed by atoms with E-state index < -0.39 is 21.0 Å². The van der Waals surface area contributed by atoms with Crippen molar-refractivity contribution in [3.05, 3.63) is 154 Å². The number of nitrogens with one attached hydrogen (secondary N) is 3. The van der Waals surface area contributed by atoms with Crippen molar-refractivity contribution in [1.82, 2.24) is 39.8 Å². The number of hydrogen-bond donors (Lipinski definition) is 3. The van der Waals surface area contributed by atoms with E-state index in [1.165, 1.54) is 42.4 Å². The molecule has 101 heavy (non-hydrogen) atoms. The van der Waals surface area contributed by atoms with Crippen molar-refractivity contribution in [2.45, 2.75) is 180 Å². The summed E-state index contributed by atoms with van der Waals surface area (Å²) in [4.78, 5) is 20.9. The van der Waals surface area contributed by atoms with Crippen LogP contribution >= 0.6 is 0 Å². The van der Waals surface area contributed by atoms with E-state index in [2.05, 4.69) is 121 Å². The van der Waals surface area contributed by atoms with Gasteiger partial charge in [-0.2, -0.15) is 4.31 Å². The van der Waals surface area contributed by atoms with Crippen molar-refractivity contribution in [2.24, 2.45) is 5.41 Å². The minimum Gasteiger partial charge on any atom is -0.475 e. The first kappa shape index (κ1) is 72.6. The quantitative estimate of drug-likeness (QED) is 0.0456. The molecule has 0 spiro atoms. The van der Waals surface area contributed by atoms with Crippen LogP contribution < -0.4 is 38.6 Å². The molecule has 0 aliphatic carbocycles. The molecule has 4 fully saturated rings. The number of rotatable bonds is 25. The fraction of sp³-hybridized carbons (Fsp3) is 0.494. The molecule has 8 heterocycles. The van der Waals surface area contributed by atoms with Crippen molar-refractivity contribution in [1.29, 1.82) is 0 Å². The molecule has 2 aromatic heterocycles. The Balaban J connectivity index is 0.000000188. The lowest BCUT2D eigenvalue weighted by atomic mass is 9.92. The number of carbonyl (C=O) groups is 1. The minimum atomic E-state index is -4.09. The van der Waals surface area contributed by atoms with Crippen LogP contribution in [0.1, 0.15) is 149 Å². The van der Waals surface area contributed by atoms with Gasteiger partial charge in [-0.25, -0.2) is 8.42 Å². The lowest BCUT2D eigenvalue weighted by Crippen LogP contribution is -2.46. The molecular weight excluding hydrogens is 1290 g/mol. The van der Waals surface area contributed by atoms with Crippen LogP contribution in [0, 0.1) is 33.1 Å². The number of hydrogen-bond acceptors (Lipinski definition) is 15. The van der Waals surface area contributed by atoms with Gasteiger partial charge in [-0.1, -0.05) is 84.6 Å². The summed E-state index contributed by atoms with van der Waals surface area (Å²) in [6.45, 7) is 23.5. The number of ether oxygens (including phenoxy) is 7. The fourth-order valence-electron chi connectivity index (χ4n) is 15.7. The molecule has 6 aromatic carbocycles. The maximum atomic E-state index is 15.2. The van der Waals surface area contributed by atoms with Crippen LogP contribution in [-0.4, -0.2) is 160 Å². The number of fused-ring (bicyclic) bond motifs is 7. The minimum absolute atomic E-state index is 0.116. The lowest BCUT2D eigenvalue weighted by molar-refractivity contribution is -0.143. The third-order valence-corrected chi connectivity index (χ3v) is 23.2. The van der Waals surface area contributed by atoms with Crippen LogP contribution in [0.3, 0.4) is 0 Å². The predicted molar refractivity (Wildman–Crippen MR) is 399 cm³/mol. The van der Waals surface area contributed by atoms with Gasteiger partial charge in [-0.15, -0.1) is 10.2 Å². The number of methoxy groups -OCH3 is 1. The first-order chi connectivity index (χ1) is 48.3. The predicted octanol–water partition coefficient (Wildman–Crippen LogP) is 14.6. The van der Waals surface area contributed by atoms with Gasteiger partial charge in [0.1, 0.15) is 13.2 Å². The van der Waals surface area contributed by atoms with Gasteiger partial charge < -0.3 is 53.2 Å². The van der Waals surface area contributed by atoms with Gasteiger partial charge in [-0.3, -0.25) is 15.0 Å². The Hall–Kier alpha value is -8.14. The van der Waals surface area contributed by atoms with Gasteiger partial charge >= 0.3 is 0 Å². The Labute approximate surface area is 597 Å². The first-order valence-electron chi connectivity index (χ1n) is 36.2. The van der Waals surface area contributed by atoms with Crippen LogP contribution in [0.15, 0.2) is 114 Å². The number of anilines is 1. The Morgan fingerprint density at radius 1 is 0.634 bits per heavy atom. The largest absolute Gasteiger partial charge is 0.475 e. The summed E-state index contributed by atoms with van der Waals surface area (Å²) in [6, 6.07) is 38.7. The third kappa shape index (κ3) is 16.4. The zero-order valence-corrected chi connectivity index (χ0v) is 62.6. The van der Waals surface area contributed by atoms with E-state index in [0.717, 1.165) is 130 Å². The summed E-state index contributed by atoms with van der Waals surface area (Å²) in [5.74, 6) is 3.90. The van der Waals surface area contributed by atoms with Gasteiger partial charge in [0, 0.05) is 110 Å². The highest BCUT2D eigenvalue weighted by atomic mass is 32.2. The molecule has 0 saturated carbocycles. The number of H-pyrrole nitrogens is 2. The standard InChI is InChI=1S/C46H55N5O6S.C28H37N3O4.C7H13N/c1-29-22-30(2)24-34(23-29)43-41(44(48-47-43)55-27-46(4,5)45(52)51-35-15-16-36(51)18-17-35)31(3)26-50(21-20-32-14-19-38-39(25-32)57-28-56-38)58(53,54)40-13-9-11-33-10-8-12-37(42(33)40)49(6)7;1-18-11-19(2)13-22(12-18)26-25(27(31-30-26)33-16-28(4,5)32-6)20(3)15-29-10-9-21-7-8-23-24(14-21)35-17-34-23;1-8-6-2-3-7(8)5-4-6/h8-14,19,22-25,31,35-36H,15-18,20-21,26-28H2,1-7H3,(H,47,48);7-8,11-14,20,29H,9-10,15-17H2,1-6H3,(H,30,31);6-7H,2-5H2,1H3/t31-,35?,36?;20-;/m11./s1. The maximum Gasteiger partial charge on any atom is 0.243 e. The van der Waals surface area contributed by atoms with Crippen LogP contribution in [-0.2, 0) is 32.4 Å². The molecule has 19 nitrogen and oxygen atoms in total. The van der Waals surface area contributed by atoms with Crippen LogP contribution in [0.25, 0.3) is 33.3 Å². The highest BCUT2D eigenvalue weighted by molar-refractivity contribution is 7.89. The number of amides is 1. The van der Waals surface area contributed by atoms with Crippen LogP contribution in [0.5, 0.6) is 34.8 Å². The van der Waals surface area contributed by atoms with Crippen LogP contribution in [0.4, 0.5) is 5.69 Å². The monoisotopic (exact) mass is 1400 g/mol. The molecule has 4 bridgehead atoms. The zero-order chi connectivity index (χ0) is 71.5. The van der Waals surface area contributed by atoms with E-state index in [9.17, 15) is 4.79 Å². The van der Waals surface area contributed by atoms with Crippen molar-refractivity contribution < 1.29 is 46.4 Å². The number of benzene rings is 6. The number of aryl methyl sites for hydroxylation is 4. The molecule has 20 heteroatoms. The van der Waals surface area contributed by atoms with Crippen molar-refractivity contribution >= 4 is 32.4 Å². The summed E-state index contributed by atoms with van der Waals surface area (Å²) < 4.78 is 72.5. The van der Waals surface area contributed by atoms with Gasteiger partial charge in [-0.05, 0) is 210 Å². The molecule has 8 aromatic rings. The average Bonchev–Trinajstić information content (AvgIpc) is 1.49. The summed E-state index contributed by atoms with van der Waals surface area (Å²) in [5, 5.41) is 20.9. The Bertz CT molecular complexity index is 4270. The molecule has 14 rings (SSSR count). The summed E-state index contributed by atoms with van der Waals surface area (Å²) in [5.41, 5.74) is 12.1. The highest BCUT2D eigenvalue weighted by Crippen LogP contribution is 2.44. The zero-order valence-electron chi connectivity index (χ0n) is 61.8. The third-order valence-electron chi connectivity index (χ3n) is 21.3. The Morgan fingerprint density at radius 2 is 1.12 bits per heavy atom. The first-order valence-corrected chi connectivity index (χ1v) is 37.6.